The summed E-state index contributed by atoms with van der Waals surface area (Å²) in [5.41, 5.74) is 1.55. The van der Waals surface area contributed by atoms with Gasteiger partial charge in [-0.05, 0) is 49.6 Å². The first kappa shape index (κ1) is 19.4. The highest BCUT2D eigenvalue weighted by Crippen LogP contribution is 2.30. The average Bonchev–Trinajstić information content (AvgIpc) is 2.60. The Kier molecular flexibility index (Phi) is 5.30. The quantitative estimate of drug-likeness (QED) is 0.865. The molecule has 0 radical (unpaired) electrons. The Morgan fingerprint density at radius 3 is 2.59 bits per heavy atom. The molecule has 1 amide bonds. The maximum atomic E-state index is 13.9. The van der Waals surface area contributed by atoms with Crippen molar-refractivity contribution >= 4 is 21.6 Å². The number of fused-ring (bicyclic) bond motifs is 1. The van der Waals surface area contributed by atoms with E-state index in [1.165, 1.54) is 26.0 Å². The van der Waals surface area contributed by atoms with Crippen molar-refractivity contribution in [1.29, 1.82) is 0 Å². The molecule has 1 atom stereocenters. The van der Waals surface area contributed by atoms with Gasteiger partial charge in [0.05, 0.1) is 4.90 Å². The number of halogens is 2. The molecule has 1 N–H and O–H groups in total. The third-order valence-electron chi connectivity index (χ3n) is 4.62. The summed E-state index contributed by atoms with van der Waals surface area (Å²) in [7, 11) is -3.92. The molecular formula is C19H20F2N2O3S. The zero-order chi connectivity index (χ0) is 19.8. The second-order valence-electron chi connectivity index (χ2n) is 6.57. The highest BCUT2D eigenvalue weighted by molar-refractivity contribution is 7.89. The fourth-order valence-electron chi connectivity index (χ4n) is 3.28. The first-order valence-corrected chi connectivity index (χ1v) is 10.1. The first-order valence-electron chi connectivity index (χ1n) is 8.57. The molecule has 8 heteroatoms. The van der Waals surface area contributed by atoms with Crippen LogP contribution in [0.25, 0.3) is 0 Å². The van der Waals surface area contributed by atoms with Gasteiger partial charge in [0.1, 0.15) is 11.6 Å². The molecule has 0 saturated carbocycles. The SMILES string of the molecule is CC(=O)N1CCCc2cc(S(=O)(=O)N[C@H](C)c3ccc(F)cc3F)ccc21. The van der Waals surface area contributed by atoms with E-state index >= 15 is 0 Å². The van der Waals surface area contributed by atoms with Crippen LogP contribution < -0.4 is 9.62 Å². The molecule has 144 valence electrons. The maximum Gasteiger partial charge on any atom is 0.241 e. The van der Waals surface area contributed by atoms with Crippen LogP contribution in [-0.4, -0.2) is 20.9 Å². The van der Waals surface area contributed by atoms with Crippen LogP contribution in [0, 0.1) is 11.6 Å². The number of amides is 1. The lowest BCUT2D eigenvalue weighted by Gasteiger charge is -2.29. The smallest absolute Gasteiger partial charge is 0.241 e. The highest BCUT2D eigenvalue weighted by atomic mass is 32.2. The molecule has 0 spiro atoms. The number of rotatable bonds is 4. The van der Waals surface area contributed by atoms with Crippen molar-refractivity contribution in [1.82, 2.24) is 4.72 Å². The number of carbonyl (C=O) groups is 1. The van der Waals surface area contributed by atoms with Crippen LogP contribution >= 0.6 is 0 Å². The molecule has 0 fully saturated rings. The molecule has 0 saturated heterocycles. The van der Waals surface area contributed by atoms with E-state index in [0.29, 0.717) is 18.7 Å². The van der Waals surface area contributed by atoms with E-state index in [-0.39, 0.29) is 16.4 Å². The van der Waals surface area contributed by atoms with Crippen LogP contribution in [-0.2, 0) is 21.2 Å². The molecule has 2 aromatic carbocycles. The number of benzene rings is 2. The minimum absolute atomic E-state index is 0.0426. The third-order valence-corrected chi connectivity index (χ3v) is 6.16. The number of sulfonamides is 1. The van der Waals surface area contributed by atoms with Gasteiger partial charge in [0, 0.05) is 36.8 Å². The second-order valence-corrected chi connectivity index (χ2v) is 8.29. The molecule has 2 aromatic rings. The lowest BCUT2D eigenvalue weighted by atomic mass is 10.0. The van der Waals surface area contributed by atoms with Gasteiger partial charge >= 0.3 is 0 Å². The van der Waals surface area contributed by atoms with E-state index in [0.717, 1.165) is 24.1 Å². The Labute approximate surface area is 157 Å². The molecule has 1 aliphatic rings. The van der Waals surface area contributed by atoms with Crippen LogP contribution in [0.5, 0.6) is 0 Å². The van der Waals surface area contributed by atoms with Crippen LogP contribution in [0.1, 0.15) is 37.4 Å². The normalized spacial score (nSPS) is 15.3. The molecule has 0 unspecified atom stereocenters. The van der Waals surface area contributed by atoms with Gasteiger partial charge in [-0.3, -0.25) is 4.79 Å². The number of nitrogens with one attached hydrogen (secondary N) is 1. The summed E-state index contributed by atoms with van der Waals surface area (Å²) < 4.78 is 54.8. The molecule has 5 nitrogen and oxygen atoms in total. The minimum atomic E-state index is -3.92. The van der Waals surface area contributed by atoms with Crippen molar-refractivity contribution in [3.05, 3.63) is 59.2 Å². The van der Waals surface area contributed by atoms with Gasteiger partial charge in [-0.25, -0.2) is 21.9 Å². The average molecular weight is 394 g/mol. The van der Waals surface area contributed by atoms with Crippen molar-refractivity contribution in [3.63, 3.8) is 0 Å². The van der Waals surface area contributed by atoms with E-state index in [9.17, 15) is 22.0 Å². The Morgan fingerprint density at radius 2 is 1.93 bits per heavy atom. The summed E-state index contributed by atoms with van der Waals surface area (Å²) in [5, 5.41) is 0. The van der Waals surface area contributed by atoms with Gasteiger partial charge in [-0.15, -0.1) is 0 Å². The van der Waals surface area contributed by atoms with E-state index in [1.807, 2.05) is 0 Å². The maximum absolute atomic E-state index is 13.9. The lowest BCUT2D eigenvalue weighted by molar-refractivity contribution is -0.116. The third kappa shape index (κ3) is 4.01. The minimum Gasteiger partial charge on any atom is -0.312 e. The van der Waals surface area contributed by atoms with Gasteiger partial charge in [-0.2, -0.15) is 0 Å². The fourth-order valence-corrected chi connectivity index (χ4v) is 4.56. The van der Waals surface area contributed by atoms with Crippen LogP contribution in [0.3, 0.4) is 0 Å². The summed E-state index contributed by atoms with van der Waals surface area (Å²) in [6.07, 6.45) is 1.42. The standard InChI is InChI=1S/C19H20F2N2O3S/c1-12(17-7-5-15(20)11-18(17)21)22-27(25,26)16-6-8-19-14(10-16)4-3-9-23(19)13(2)24/h5-8,10-12,22H,3-4,9H2,1-2H3/t12-/m1/s1. The van der Waals surface area contributed by atoms with Crippen molar-refractivity contribution in [2.45, 2.75) is 37.6 Å². The molecule has 1 aliphatic heterocycles. The molecule has 0 bridgehead atoms. The second kappa shape index (κ2) is 7.36. The molecule has 3 rings (SSSR count). The Hall–Kier alpha value is -2.32. The number of nitrogens with zero attached hydrogens (tertiary/aromatic N) is 1. The summed E-state index contributed by atoms with van der Waals surface area (Å²) in [5.74, 6) is -1.63. The van der Waals surface area contributed by atoms with E-state index in [1.54, 1.807) is 17.0 Å². The van der Waals surface area contributed by atoms with Crippen LogP contribution in [0.15, 0.2) is 41.3 Å². The Morgan fingerprint density at radius 1 is 1.19 bits per heavy atom. The summed E-state index contributed by atoms with van der Waals surface area (Å²) in [6, 6.07) is 6.73. The van der Waals surface area contributed by atoms with Crippen LogP contribution in [0.4, 0.5) is 14.5 Å². The topological polar surface area (TPSA) is 66.5 Å². The van der Waals surface area contributed by atoms with Gasteiger partial charge in [0.15, 0.2) is 0 Å². The zero-order valence-corrected chi connectivity index (χ0v) is 15.8. The highest BCUT2D eigenvalue weighted by Gasteiger charge is 2.25. The van der Waals surface area contributed by atoms with E-state index in [2.05, 4.69) is 4.72 Å². The van der Waals surface area contributed by atoms with Crippen molar-refractivity contribution < 1.29 is 22.0 Å². The number of hydrogen-bond acceptors (Lipinski definition) is 3. The monoisotopic (exact) mass is 394 g/mol. The van der Waals surface area contributed by atoms with Crippen molar-refractivity contribution in [2.75, 3.05) is 11.4 Å². The summed E-state index contributed by atoms with van der Waals surface area (Å²) >= 11 is 0. The Bertz CT molecular complexity index is 992. The predicted octanol–water partition coefficient (Wildman–Crippen LogP) is 3.30. The molecule has 1 heterocycles. The van der Waals surface area contributed by atoms with E-state index < -0.39 is 27.7 Å². The summed E-state index contributed by atoms with van der Waals surface area (Å²) in [4.78, 5) is 13.4. The molecule has 0 aromatic heterocycles. The fraction of sp³-hybridized carbons (Fsp3) is 0.316. The van der Waals surface area contributed by atoms with Gasteiger partial charge in [0.25, 0.3) is 0 Å². The van der Waals surface area contributed by atoms with Gasteiger partial charge in [-0.1, -0.05) is 6.07 Å². The van der Waals surface area contributed by atoms with Gasteiger partial charge < -0.3 is 4.90 Å². The number of carbonyl (C=O) groups excluding carboxylic acids is 1. The molecule has 27 heavy (non-hydrogen) atoms. The van der Waals surface area contributed by atoms with Crippen molar-refractivity contribution in [2.24, 2.45) is 0 Å². The zero-order valence-electron chi connectivity index (χ0n) is 15.0. The summed E-state index contributed by atoms with van der Waals surface area (Å²) in [6.45, 7) is 3.57. The van der Waals surface area contributed by atoms with Crippen molar-refractivity contribution in [3.8, 4) is 0 Å². The van der Waals surface area contributed by atoms with E-state index in [4.69, 9.17) is 0 Å². The lowest BCUT2D eigenvalue weighted by Crippen LogP contribution is -2.34. The first-order chi connectivity index (χ1) is 12.7. The number of anilines is 1. The predicted molar refractivity (Wildman–Crippen MR) is 97.9 cm³/mol. The molecular weight excluding hydrogens is 374 g/mol. The largest absolute Gasteiger partial charge is 0.312 e. The number of hydrogen-bond donors (Lipinski definition) is 1. The molecule has 0 aliphatic carbocycles. The van der Waals surface area contributed by atoms with Crippen LogP contribution in [0.2, 0.25) is 0 Å². The number of aryl methyl sites for hydroxylation is 1. The Balaban J connectivity index is 1.88. The van der Waals surface area contributed by atoms with Gasteiger partial charge in [0.2, 0.25) is 15.9 Å².